The van der Waals surface area contributed by atoms with Crippen LogP contribution in [0.25, 0.3) is 22.2 Å². The van der Waals surface area contributed by atoms with Crippen molar-refractivity contribution in [2.24, 2.45) is 5.73 Å². The summed E-state index contributed by atoms with van der Waals surface area (Å²) in [6.07, 6.45) is 4.04. The largest absolute Gasteiger partial charge is 0.368 e. The minimum Gasteiger partial charge on any atom is -0.368 e. The lowest BCUT2D eigenvalue weighted by Gasteiger charge is -2.20. The van der Waals surface area contributed by atoms with Crippen LogP contribution in [0, 0.1) is 0 Å². The molecule has 5 rings (SSSR count). The first-order valence-corrected chi connectivity index (χ1v) is 9.65. The molecule has 2 aromatic heterocycles. The van der Waals surface area contributed by atoms with Crippen molar-refractivity contribution in [3.8, 4) is 11.3 Å². The summed E-state index contributed by atoms with van der Waals surface area (Å²) < 4.78 is 1.83. The number of nitrogens with zero attached hydrogens (tertiary/aromatic N) is 5. The van der Waals surface area contributed by atoms with E-state index in [0.717, 1.165) is 40.8 Å². The number of anilines is 1. The normalized spacial score (nSPS) is 13.7. The van der Waals surface area contributed by atoms with Gasteiger partial charge in [-0.3, -0.25) is 9.89 Å². The minimum absolute atomic E-state index is 0.169. The molecule has 29 heavy (non-hydrogen) atoms. The Kier molecular flexibility index (Phi) is 4.23. The SMILES string of the molecule is NC(=O)CN(c1n[nH]c2ccc(-c3cn(Cc4ccccc4)nn3)cc12)C1CC1. The summed E-state index contributed by atoms with van der Waals surface area (Å²) >= 11 is 0. The molecule has 2 heterocycles. The Hall–Kier alpha value is -3.68. The number of nitrogens with two attached hydrogens (primary N) is 1. The zero-order valence-corrected chi connectivity index (χ0v) is 15.8. The van der Waals surface area contributed by atoms with Gasteiger partial charge in [-0.25, -0.2) is 4.68 Å². The van der Waals surface area contributed by atoms with Crippen molar-refractivity contribution in [3.05, 3.63) is 60.3 Å². The molecule has 1 saturated carbocycles. The number of rotatable bonds is 7. The molecule has 1 aliphatic rings. The number of hydrogen-bond donors (Lipinski definition) is 2. The van der Waals surface area contributed by atoms with E-state index in [2.05, 4.69) is 32.6 Å². The Morgan fingerprint density at radius 3 is 2.79 bits per heavy atom. The summed E-state index contributed by atoms with van der Waals surface area (Å²) in [6, 6.07) is 16.5. The number of fused-ring (bicyclic) bond motifs is 1. The van der Waals surface area contributed by atoms with Crippen molar-refractivity contribution >= 4 is 22.6 Å². The maximum Gasteiger partial charge on any atom is 0.237 e. The van der Waals surface area contributed by atoms with Gasteiger partial charge in [0.2, 0.25) is 5.91 Å². The minimum atomic E-state index is -0.354. The van der Waals surface area contributed by atoms with Crippen LogP contribution in [-0.2, 0) is 11.3 Å². The lowest BCUT2D eigenvalue weighted by atomic mass is 10.1. The predicted octanol–water partition coefficient (Wildman–Crippen LogP) is 2.32. The highest BCUT2D eigenvalue weighted by atomic mass is 16.1. The van der Waals surface area contributed by atoms with Crippen molar-refractivity contribution < 1.29 is 4.79 Å². The summed E-state index contributed by atoms with van der Waals surface area (Å²) in [6.45, 7) is 0.837. The number of primary amides is 1. The van der Waals surface area contributed by atoms with Gasteiger partial charge in [0.05, 0.1) is 24.8 Å². The highest BCUT2D eigenvalue weighted by Gasteiger charge is 2.32. The fourth-order valence-corrected chi connectivity index (χ4v) is 3.59. The van der Waals surface area contributed by atoms with Crippen LogP contribution in [0.1, 0.15) is 18.4 Å². The van der Waals surface area contributed by atoms with E-state index in [-0.39, 0.29) is 12.5 Å². The van der Waals surface area contributed by atoms with Gasteiger partial charge in [0, 0.05) is 17.0 Å². The van der Waals surface area contributed by atoms with Crippen molar-refractivity contribution in [2.75, 3.05) is 11.4 Å². The first-order chi connectivity index (χ1) is 14.2. The third kappa shape index (κ3) is 3.56. The average molecular weight is 387 g/mol. The number of carbonyl (C=O) groups is 1. The van der Waals surface area contributed by atoms with E-state index in [1.807, 2.05) is 52.2 Å². The van der Waals surface area contributed by atoms with Gasteiger partial charge in [0.15, 0.2) is 5.82 Å². The zero-order valence-electron chi connectivity index (χ0n) is 15.8. The second-order valence-corrected chi connectivity index (χ2v) is 7.42. The van der Waals surface area contributed by atoms with Gasteiger partial charge >= 0.3 is 0 Å². The van der Waals surface area contributed by atoms with E-state index in [1.54, 1.807) is 0 Å². The van der Waals surface area contributed by atoms with Crippen molar-refractivity contribution in [2.45, 2.75) is 25.4 Å². The van der Waals surface area contributed by atoms with Crippen LogP contribution < -0.4 is 10.6 Å². The maximum absolute atomic E-state index is 11.5. The molecule has 0 atom stereocenters. The predicted molar refractivity (Wildman–Crippen MR) is 110 cm³/mol. The van der Waals surface area contributed by atoms with Gasteiger partial charge in [0.25, 0.3) is 0 Å². The third-order valence-electron chi connectivity index (χ3n) is 5.15. The van der Waals surface area contributed by atoms with Crippen LogP contribution in [0.15, 0.2) is 54.7 Å². The molecule has 0 bridgehead atoms. The topological polar surface area (TPSA) is 106 Å². The van der Waals surface area contributed by atoms with Gasteiger partial charge in [-0.15, -0.1) is 5.10 Å². The van der Waals surface area contributed by atoms with Crippen LogP contribution in [0.2, 0.25) is 0 Å². The molecule has 2 aromatic carbocycles. The Morgan fingerprint density at radius 1 is 1.21 bits per heavy atom. The zero-order chi connectivity index (χ0) is 19.8. The monoisotopic (exact) mass is 387 g/mol. The Bertz CT molecular complexity index is 1160. The lowest BCUT2D eigenvalue weighted by molar-refractivity contribution is -0.116. The third-order valence-corrected chi connectivity index (χ3v) is 5.15. The highest BCUT2D eigenvalue weighted by Crippen LogP contribution is 2.35. The quantitative estimate of drug-likeness (QED) is 0.506. The van der Waals surface area contributed by atoms with E-state index >= 15 is 0 Å². The molecule has 0 saturated heterocycles. The van der Waals surface area contributed by atoms with Crippen LogP contribution in [0.5, 0.6) is 0 Å². The lowest BCUT2D eigenvalue weighted by Crippen LogP contribution is -2.35. The molecule has 3 N–H and O–H groups in total. The Labute approximate surface area is 167 Å². The maximum atomic E-state index is 11.5. The van der Waals surface area contributed by atoms with Gasteiger partial charge < -0.3 is 10.6 Å². The van der Waals surface area contributed by atoms with Crippen LogP contribution >= 0.6 is 0 Å². The van der Waals surface area contributed by atoms with Crippen LogP contribution in [0.4, 0.5) is 5.82 Å². The average Bonchev–Trinajstić information content (AvgIpc) is 3.32. The van der Waals surface area contributed by atoms with E-state index < -0.39 is 0 Å². The summed E-state index contributed by atoms with van der Waals surface area (Å²) in [5, 5.41) is 17.1. The molecule has 1 fully saturated rings. The highest BCUT2D eigenvalue weighted by molar-refractivity contribution is 5.94. The molecule has 4 aromatic rings. The number of hydrogen-bond acceptors (Lipinski definition) is 5. The molecule has 1 amide bonds. The van der Waals surface area contributed by atoms with E-state index in [9.17, 15) is 4.79 Å². The second kappa shape index (κ2) is 7.05. The Morgan fingerprint density at radius 2 is 2.03 bits per heavy atom. The fraction of sp³-hybridized carbons (Fsp3) is 0.238. The molecule has 0 radical (unpaired) electrons. The van der Waals surface area contributed by atoms with Crippen molar-refractivity contribution in [1.82, 2.24) is 25.2 Å². The molecule has 146 valence electrons. The van der Waals surface area contributed by atoms with Gasteiger partial charge in [0.1, 0.15) is 5.69 Å². The molecule has 8 nitrogen and oxygen atoms in total. The number of aromatic amines is 1. The van der Waals surface area contributed by atoms with Gasteiger partial charge in [-0.1, -0.05) is 41.6 Å². The van der Waals surface area contributed by atoms with Crippen molar-refractivity contribution in [1.29, 1.82) is 0 Å². The van der Waals surface area contributed by atoms with Gasteiger partial charge in [-0.05, 0) is 30.5 Å². The van der Waals surface area contributed by atoms with E-state index in [0.29, 0.717) is 12.6 Å². The molecule has 0 spiro atoms. The number of carbonyl (C=O) groups excluding carboxylic acids is 1. The van der Waals surface area contributed by atoms with Crippen LogP contribution in [-0.4, -0.2) is 43.7 Å². The molecule has 0 unspecified atom stereocenters. The first kappa shape index (κ1) is 17.4. The number of nitrogens with one attached hydrogen (secondary N) is 1. The van der Waals surface area contributed by atoms with Crippen molar-refractivity contribution in [3.63, 3.8) is 0 Å². The Balaban J connectivity index is 1.46. The molecule has 8 heteroatoms. The molecular formula is C21H21N7O. The smallest absolute Gasteiger partial charge is 0.237 e. The number of amides is 1. The molecule has 0 aliphatic heterocycles. The van der Waals surface area contributed by atoms with Gasteiger partial charge in [-0.2, -0.15) is 5.10 Å². The van der Waals surface area contributed by atoms with Crippen LogP contribution in [0.3, 0.4) is 0 Å². The summed E-state index contributed by atoms with van der Waals surface area (Å²) in [4.78, 5) is 13.5. The molecular weight excluding hydrogens is 366 g/mol. The number of aromatic nitrogens is 5. The number of benzene rings is 2. The summed E-state index contributed by atoms with van der Waals surface area (Å²) in [7, 11) is 0. The molecule has 1 aliphatic carbocycles. The summed E-state index contributed by atoms with van der Waals surface area (Å²) in [5.41, 5.74) is 9.29. The second-order valence-electron chi connectivity index (χ2n) is 7.42. The summed E-state index contributed by atoms with van der Waals surface area (Å²) in [5.74, 6) is 0.410. The standard InChI is InChI=1S/C21H21N7O/c22-20(29)13-28(16-7-8-16)21-17-10-15(6-9-18(17)23-25-21)19-12-27(26-24-19)11-14-4-2-1-3-5-14/h1-6,9-10,12,16H,7-8,11,13H2,(H2,22,29)(H,23,25). The number of H-pyrrole nitrogens is 1. The fourth-order valence-electron chi connectivity index (χ4n) is 3.59. The van der Waals surface area contributed by atoms with E-state index in [4.69, 9.17) is 5.73 Å². The van der Waals surface area contributed by atoms with E-state index in [1.165, 1.54) is 5.56 Å². The first-order valence-electron chi connectivity index (χ1n) is 9.65.